The van der Waals surface area contributed by atoms with E-state index in [1.54, 1.807) is 6.07 Å². The molecule has 0 amide bonds. The van der Waals surface area contributed by atoms with Crippen LogP contribution < -0.4 is 113 Å². The Bertz CT molecular complexity index is 838. The van der Waals surface area contributed by atoms with Crippen LogP contribution in [0.5, 0.6) is 0 Å². The van der Waals surface area contributed by atoms with E-state index in [0.717, 1.165) is 43.0 Å². The van der Waals surface area contributed by atoms with E-state index in [2.05, 4.69) is 24.3 Å². The zero-order valence-corrected chi connectivity index (χ0v) is 28.0. The van der Waals surface area contributed by atoms with Crippen LogP contribution >= 0.6 is 11.8 Å². The van der Waals surface area contributed by atoms with Crippen molar-refractivity contribution < 1.29 is 133 Å². The Kier molecular flexibility index (Phi) is 24.9. The van der Waals surface area contributed by atoms with E-state index in [4.69, 9.17) is 0 Å². The summed E-state index contributed by atoms with van der Waals surface area (Å²) in [6.07, 6.45) is 7.17. The number of aryl methyl sites for hydroxylation is 2. The summed E-state index contributed by atoms with van der Waals surface area (Å²) < 4.78 is 0. The average Bonchev–Trinajstić information content (AvgIpc) is 2.78. The Balaban J connectivity index is 0. The maximum atomic E-state index is 11.2. The van der Waals surface area contributed by atoms with Gasteiger partial charge < -0.3 is 30.4 Å². The minimum Gasteiger partial charge on any atom is -0.550 e. The number of aliphatic hydroxyl groups excluding tert-OH is 1. The quantitative estimate of drug-likeness (QED) is 0.167. The van der Waals surface area contributed by atoms with Crippen LogP contribution in [0.1, 0.15) is 66.9 Å². The molecule has 2 aromatic rings. The molecule has 0 heterocycles. The monoisotopic (exact) mass is 552 g/mol. The number of thioether (sulfide) groups is 1. The Morgan fingerprint density at radius 1 is 0.800 bits per heavy atom. The first-order valence-electron chi connectivity index (χ1n) is 11.3. The van der Waals surface area contributed by atoms with Gasteiger partial charge in [0.15, 0.2) is 0 Å². The van der Waals surface area contributed by atoms with Gasteiger partial charge in [-0.05, 0) is 54.5 Å². The molecule has 0 spiro atoms. The van der Waals surface area contributed by atoms with E-state index >= 15 is 0 Å². The van der Waals surface area contributed by atoms with Crippen LogP contribution in [-0.4, -0.2) is 34.4 Å². The summed E-state index contributed by atoms with van der Waals surface area (Å²) in [5.74, 6) is -2.60. The van der Waals surface area contributed by atoms with Crippen molar-refractivity contribution in [3.8, 4) is 0 Å². The molecule has 2 unspecified atom stereocenters. The molecule has 0 radical (unpaired) electrons. The normalized spacial score (nSPS) is 11.8. The van der Waals surface area contributed by atoms with Crippen LogP contribution in [0.15, 0.2) is 54.6 Å². The number of aliphatic carboxylic acids is 2. The van der Waals surface area contributed by atoms with Crippen LogP contribution in [0.3, 0.4) is 0 Å². The fourth-order valence-corrected chi connectivity index (χ4v) is 4.87. The second kappa shape index (κ2) is 22.9. The fraction of sp³-hybridized carbons (Fsp3) is 0.462. The molecule has 35 heavy (non-hydrogen) atoms. The van der Waals surface area contributed by atoms with Gasteiger partial charge in [-0.25, -0.2) is 0 Å². The number of hydrogen-bond acceptors (Lipinski definition) is 6. The van der Waals surface area contributed by atoms with Crippen LogP contribution in [0, 0.1) is 0 Å². The van der Waals surface area contributed by atoms with E-state index < -0.39 is 23.3 Å². The SMILES string of the molecule is O.O=C([O-])CCSC(c1cccc(CCCCCCCCc2ccccc2)c1)C(O)C(=O)[O-].[K+].[K+]. The third kappa shape index (κ3) is 16.5. The molecule has 0 aliphatic rings. The van der Waals surface area contributed by atoms with E-state index in [1.165, 1.54) is 31.2 Å². The molecule has 2 rings (SSSR count). The predicted molar refractivity (Wildman–Crippen MR) is 127 cm³/mol. The summed E-state index contributed by atoms with van der Waals surface area (Å²) in [6, 6.07) is 18.1. The zero-order chi connectivity index (χ0) is 23.2. The summed E-state index contributed by atoms with van der Waals surface area (Å²) in [5.41, 5.74) is 3.15. The molecule has 0 saturated heterocycles. The Morgan fingerprint density at radius 3 is 1.91 bits per heavy atom. The van der Waals surface area contributed by atoms with Gasteiger partial charge in [-0.2, -0.15) is 11.8 Å². The van der Waals surface area contributed by atoms with Crippen LogP contribution in [0.2, 0.25) is 0 Å². The molecule has 3 N–H and O–H groups in total. The van der Waals surface area contributed by atoms with Crippen molar-refractivity contribution in [2.24, 2.45) is 0 Å². The van der Waals surface area contributed by atoms with Crippen molar-refractivity contribution in [3.05, 3.63) is 71.3 Å². The van der Waals surface area contributed by atoms with Gasteiger partial charge in [0.05, 0.1) is 11.2 Å². The van der Waals surface area contributed by atoms with Crippen LogP contribution in [-0.2, 0) is 22.4 Å². The molecule has 182 valence electrons. The van der Waals surface area contributed by atoms with Crippen LogP contribution in [0.25, 0.3) is 0 Å². The number of rotatable bonds is 16. The molecule has 0 bridgehead atoms. The van der Waals surface area contributed by atoms with Gasteiger partial charge in [-0.3, -0.25) is 0 Å². The Labute approximate surface area is 298 Å². The standard InChI is InChI=1S/C26H34O5S.2K.H2O/c27-23(28)17-18-32-25(24(29)26(30)31)22-16-10-15-21(19-22)14-7-4-2-1-3-6-11-20-12-8-5-9-13-20;;;/h5,8-10,12-13,15-16,19,24-25,29H,1-4,6-7,11,14,17-18H2,(H,27,28)(H,30,31);;;1H2/q;2*+1;/p-2. The van der Waals surface area contributed by atoms with Crippen molar-refractivity contribution in [3.63, 3.8) is 0 Å². The molecule has 2 aromatic carbocycles. The minimum absolute atomic E-state index is 0. The summed E-state index contributed by atoms with van der Waals surface area (Å²) >= 11 is 1.09. The minimum atomic E-state index is -1.70. The smallest absolute Gasteiger partial charge is 0.550 e. The largest absolute Gasteiger partial charge is 1.00 e. The Morgan fingerprint density at radius 2 is 1.34 bits per heavy atom. The van der Waals surface area contributed by atoms with Crippen molar-refractivity contribution in [2.45, 2.75) is 69.1 Å². The molecule has 0 fully saturated rings. The van der Waals surface area contributed by atoms with Gasteiger partial charge in [-0.1, -0.05) is 80.3 Å². The predicted octanol–water partition coefficient (Wildman–Crippen LogP) is -3.98. The topological polar surface area (TPSA) is 132 Å². The number of carboxylic acids is 2. The summed E-state index contributed by atoms with van der Waals surface area (Å²) in [5, 5.41) is 31.1. The van der Waals surface area contributed by atoms with E-state index in [1.807, 2.05) is 24.3 Å². The van der Waals surface area contributed by atoms with E-state index in [0.29, 0.717) is 5.56 Å². The number of benzene rings is 2. The molecule has 2 atom stereocenters. The number of aliphatic hydroxyl groups is 1. The number of carbonyl (C=O) groups is 2. The third-order valence-electron chi connectivity index (χ3n) is 5.44. The first kappa shape index (κ1) is 38.1. The van der Waals surface area contributed by atoms with Gasteiger partial charge in [0.2, 0.25) is 0 Å². The number of carbonyl (C=O) groups excluding carboxylic acids is 2. The van der Waals surface area contributed by atoms with Crippen LogP contribution in [0.4, 0.5) is 0 Å². The molecule has 6 nitrogen and oxygen atoms in total. The van der Waals surface area contributed by atoms with Crippen molar-refractivity contribution in [1.82, 2.24) is 0 Å². The molecular formula is C26H34K2O6S. The van der Waals surface area contributed by atoms with E-state index in [9.17, 15) is 24.9 Å². The van der Waals surface area contributed by atoms with Gasteiger partial charge in [0.1, 0.15) is 6.10 Å². The average molecular weight is 553 g/mol. The molecule has 0 aliphatic heterocycles. The van der Waals surface area contributed by atoms with Gasteiger partial charge in [0.25, 0.3) is 0 Å². The van der Waals surface area contributed by atoms with Crippen molar-refractivity contribution in [2.75, 3.05) is 5.75 Å². The molecule has 0 aliphatic carbocycles. The summed E-state index contributed by atoms with van der Waals surface area (Å²) in [4.78, 5) is 21.8. The first-order chi connectivity index (χ1) is 15.5. The Hall–Kier alpha value is 0.923. The van der Waals surface area contributed by atoms with Crippen molar-refractivity contribution in [1.29, 1.82) is 0 Å². The number of hydrogen-bond donors (Lipinski definition) is 1. The summed E-state index contributed by atoms with van der Waals surface area (Å²) in [6.45, 7) is 0. The second-order valence-electron chi connectivity index (χ2n) is 8.03. The zero-order valence-electron chi connectivity index (χ0n) is 20.9. The van der Waals surface area contributed by atoms with E-state index in [-0.39, 0.29) is 120 Å². The molecule has 0 aromatic heterocycles. The van der Waals surface area contributed by atoms with Gasteiger partial charge in [0, 0.05) is 5.97 Å². The molecule has 0 saturated carbocycles. The maximum absolute atomic E-state index is 11.2. The number of unbranched alkanes of at least 4 members (excludes halogenated alkanes) is 5. The fourth-order valence-electron chi connectivity index (χ4n) is 3.70. The molecular weight excluding hydrogens is 519 g/mol. The summed E-state index contributed by atoms with van der Waals surface area (Å²) in [7, 11) is 0. The third-order valence-corrected chi connectivity index (χ3v) is 6.76. The first-order valence-corrected chi connectivity index (χ1v) is 12.4. The second-order valence-corrected chi connectivity index (χ2v) is 9.28. The van der Waals surface area contributed by atoms with Gasteiger partial charge >= 0.3 is 103 Å². The molecule has 9 heteroatoms. The van der Waals surface area contributed by atoms with Gasteiger partial charge in [-0.15, -0.1) is 0 Å². The maximum Gasteiger partial charge on any atom is 1.00 e. The van der Waals surface area contributed by atoms with Crippen molar-refractivity contribution >= 4 is 23.7 Å². The number of carboxylic acid groups (broad SMARTS) is 2.